The Morgan fingerprint density at radius 2 is 1.81 bits per heavy atom. The zero-order chi connectivity index (χ0) is 15.4. The molecule has 1 aromatic heterocycles. The monoisotopic (exact) mass is 285 g/mol. The number of benzene rings is 1. The summed E-state index contributed by atoms with van der Waals surface area (Å²) >= 11 is 0. The molecule has 0 aliphatic heterocycles. The van der Waals surface area contributed by atoms with Crippen LogP contribution in [0.15, 0.2) is 30.5 Å². The molecule has 0 fully saturated rings. The normalized spacial score (nSPS) is 12.9. The van der Waals surface area contributed by atoms with Crippen LogP contribution in [0.4, 0.5) is 0 Å². The Morgan fingerprint density at radius 3 is 2.33 bits per heavy atom. The maximum Gasteiger partial charge on any atom is 0.0672 e. The molecule has 0 aliphatic carbocycles. The zero-order valence-corrected chi connectivity index (χ0v) is 13.9. The van der Waals surface area contributed by atoms with Gasteiger partial charge in [0.1, 0.15) is 0 Å². The molecule has 0 saturated carbocycles. The highest BCUT2D eigenvalue weighted by molar-refractivity contribution is 5.65. The Labute approximate surface area is 128 Å². The Morgan fingerprint density at radius 1 is 1.14 bits per heavy atom. The van der Waals surface area contributed by atoms with Crippen LogP contribution in [0.25, 0.3) is 11.1 Å². The van der Waals surface area contributed by atoms with E-state index in [2.05, 4.69) is 75.5 Å². The van der Waals surface area contributed by atoms with Gasteiger partial charge in [0.2, 0.25) is 0 Å². The van der Waals surface area contributed by atoms with E-state index in [9.17, 15) is 0 Å². The van der Waals surface area contributed by atoms with E-state index in [-0.39, 0.29) is 0 Å². The number of rotatable bonds is 6. The second-order valence-corrected chi connectivity index (χ2v) is 6.00. The fourth-order valence-electron chi connectivity index (χ4n) is 2.46. The first-order chi connectivity index (χ1) is 10.0. The van der Waals surface area contributed by atoms with E-state index in [4.69, 9.17) is 0 Å². The van der Waals surface area contributed by atoms with Gasteiger partial charge in [0, 0.05) is 23.8 Å². The van der Waals surface area contributed by atoms with Crippen LogP contribution < -0.4 is 5.32 Å². The predicted molar refractivity (Wildman–Crippen MR) is 89.5 cm³/mol. The van der Waals surface area contributed by atoms with Gasteiger partial charge in [-0.15, -0.1) is 0 Å². The minimum atomic E-state index is 0.398. The quantitative estimate of drug-likeness (QED) is 0.847. The predicted octanol–water partition coefficient (Wildman–Crippen LogP) is 4.50. The summed E-state index contributed by atoms with van der Waals surface area (Å²) in [5.41, 5.74) is 4.89. The second kappa shape index (κ2) is 6.90. The molecular formula is C18H27N3. The highest BCUT2D eigenvalue weighted by Crippen LogP contribution is 2.25. The third-order valence-corrected chi connectivity index (χ3v) is 3.87. The Kier molecular flexibility index (Phi) is 5.18. The smallest absolute Gasteiger partial charge is 0.0672 e. The van der Waals surface area contributed by atoms with E-state index in [1.54, 1.807) is 0 Å². The number of hydrogen-bond acceptors (Lipinski definition) is 2. The summed E-state index contributed by atoms with van der Waals surface area (Å²) in [5.74, 6) is 0. The van der Waals surface area contributed by atoms with Crippen LogP contribution in [-0.4, -0.2) is 16.3 Å². The average Bonchev–Trinajstić information content (AvgIpc) is 2.87. The maximum absolute atomic E-state index is 4.59. The van der Waals surface area contributed by atoms with E-state index in [1.807, 2.05) is 4.68 Å². The van der Waals surface area contributed by atoms with Gasteiger partial charge in [0.25, 0.3) is 0 Å². The lowest BCUT2D eigenvalue weighted by molar-refractivity contribution is 0.529. The largest absolute Gasteiger partial charge is 0.310 e. The third-order valence-electron chi connectivity index (χ3n) is 3.87. The van der Waals surface area contributed by atoms with Gasteiger partial charge < -0.3 is 5.32 Å². The zero-order valence-electron chi connectivity index (χ0n) is 13.9. The molecule has 2 rings (SSSR count). The first kappa shape index (κ1) is 15.8. The van der Waals surface area contributed by atoms with Crippen LogP contribution in [-0.2, 0) is 0 Å². The lowest BCUT2D eigenvalue weighted by atomic mass is 10.0. The third kappa shape index (κ3) is 3.73. The van der Waals surface area contributed by atoms with E-state index in [0.29, 0.717) is 12.1 Å². The molecule has 0 aliphatic rings. The molecule has 1 unspecified atom stereocenters. The van der Waals surface area contributed by atoms with Crippen LogP contribution >= 0.6 is 0 Å². The molecular weight excluding hydrogens is 258 g/mol. The van der Waals surface area contributed by atoms with Crippen LogP contribution in [0.3, 0.4) is 0 Å². The number of hydrogen-bond donors (Lipinski definition) is 1. The maximum atomic E-state index is 4.59. The molecule has 3 nitrogen and oxygen atoms in total. The molecule has 0 bridgehead atoms. The highest BCUT2D eigenvalue weighted by Gasteiger charge is 2.10. The van der Waals surface area contributed by atoms with Gasteiger partial charge in [0.15, 0.2) is 0 Å². The number of nitrogens with one attached hydrogen (secondary N) is 1. The molecule has 0 amide bonds. The summed E-state index contributed by atoms with van der Waals surface area (Å²) < 4.78 is 2.03. The fraction of sp³-hybridized carbons (Fsp3) is 0.500. The second-order valence-electron chi connectivity index (χ2n) is 6.00. The first-order valence-electron chi connectivity index (χ1n) is 7.92. The molecule has 0 saturated heterocycles. The highest BCUT2D eigenvalue weighted by atomic mass is 15.3. The van der Waals surface area contributed by atoms with Crippen molar-refractivity contribution in [1.82, 2.24) is 15.1 Å². The van der Waals surface area contributed by atoms with Gasteiger partial charge in [-0.1, -0.05) is 31.2 Å². The van der Waals surface area contributed by atoms with E-state index < -0.39 is 0 Å². The van der Waals surface area contributed by atoms with Gasteiger partial charge in [0.05, 0.1) is 5.69 Å². The molecule has 114 valence electrons. The molecule has 1 aromatic carbocycles. The van der Waals surface area contributed by atoms with Gasteiger partial charge in [-0.2, -0.15) is 5.10 Å². The molecule has 1 heterocycles. The van der Waals surface area contributed by atoms with Crippen molar-refractivity contribution in [2.75, 3.05) is 6.54 Å². The molecule has 21 heavy (non-hydrogen) atoms. The summed E-state index contributed by atoms with van der Waals surface area (Å²) in [5, 5.41) is 8.11. The van der Waals surface area contributed by atoms with E-state index in [1.165, 1.54) is 16.7 Å². The fourth-order valence-corrected chi connectivity index (χ4v) is 2.46. The molecule has 3 heteroatoms. The molecule has 1 atom stereocenters. The van der Waals surface area contributed by atoms with Crippen molar-refractivity contribution in [2.24, 2.45) is 0 Å². The Hall–Kier alpha value is -1.61. The lowest BCUT2D eigenvalue weighted by Gasteiger charge is -2.14. The topological polar surface area (TPSA) is 29.9 Å². The number of aromatic nitrogens is 2. The summed E-state index contributed by atoms with van der Waals surface area (Å²) in [7, 11) is 0. The van der Waals surface area contributed by atoms with Crippen LogP contribution in [0.2, 0.25) is 0 Å². The average molecular weight is 285 g/mol. The van der Waals surface area contributed by atoms with Gasteiger partial charge in [-0.3, -0.25) is 4.68 Å². The van der Waals surface area contributed by atoms with E-state index >= 15 is 0 Å². The summed E-state index contributed by atoms with van der Waals surface area (Å²) in [4.78, 5) is 0. The summed E-state index contributed by atoms with van der Waals surface area (Å²) in [6.45, 7) is 11.8. The minimum absolute atomic E-state index is 0.398. The number of nitrogens with zero attached hydrogens (tertiary/aromatic N) is 2. The first-order valence-corrected chi connectivity index (χ1v) is 7.92. The molecule has 2 aromatic rings. The summed E-state index contributed by atoms with van der Waals surface area (Å²) in [6.07, 6.45) is 3.31. The van der Waals surface area contributed by atoms with Gasteiger partial charge >= 0.3 is 0 Å². The van der Waals surface area contributed by atoms with Crippen molar-refractivity contribution in [3.8, 4) is 11.1 Å². The lowest BCUT2D eigenvalue weighted by Crippen LogP contribution is -2.19. The van der Waals surface area contributed by atoms with E-state index in [0.717, 1.165) is 18.7 Å². The number of aryl methyl sites for hydroxylation is 1. The molecule has 0 radical (unpaired) electrons. The standard InChI is InChI=1S/C18H27N3/c1-6-11-19-14(4)16-7-9-17(10-8-16)18-12-21(13(2)3)20-15(18)5/h7-10,12-14,19H,6,11H2,1-5H3. The van der Waals surface area contributed by atoms with Crippen molar-refractivity contribution in [1.29, 1.82) is 0 Å². The van der Waals surface area contributed by atoms with Crippen LogP contribution in [0.1, 0.15) is 57.5 Å². The van der Waals surface area contributed by atoms with Crippen molar-refractivity contribution >= 4 is 0 Å². The Bertz CT molecular complexity index is 567. The van der Waals surface area contributed by atoms with Crippen molar-refractivity contribution in [3.63, 3.8) is 0 Å². The van der Waals surface area contributed by atoms with Crippen LogP contribution in [0.5, 0.6) is 0 Å². The van der Waals surface area contributed by atoms with Crippen molar-refractivity contribution in [3.05, 3.63) is 41.7 Å². The van der Waals surface area contributed by atoms with Gasteiger partial charge in [-0.25, -0.2) is 0 Å². The Balaban J connectivity index is 2.19. The molecule has 1 N–H and O–H groups in total. The van der Waals surface area contributed by atoms with Gasteiger partial charge in [-0.05, 0) is 51.8 Å². The van der Waals surface area contributed by atoms with Crippen molar-refractivity contribution in [2.45, 2.75) is 53.1 Å². The summed E-state index contributed by atoms with van der Waals surface area (Å²) in [6, 6.07) is 9.64. The minimum Gasteiger partial charge on any atom is -0.310 e. The SMILES string of the molecule is CCCNC(C)c1ccc(-c2cn(C(C)C)nc2C)cc1. The van der Waals surface area contributed by atoms with Crippen LogP contribution in [0, 0.1) is 6.92 Å². The molecule has 0 spiro atoms. The van der Waals surface area contributed by atoms with Crippen molar-refractivity contribution < 1.29 is 0 Å².